The van der Waals surface area contributed by atoms with Crippen LogP contribution in [0, 0.1) is 17.7 Å². The number of carbonyl (C=O) groups excluding carboxylic acids is 1. The van der Waals surface area contributed by atoms with E-state index in [1.807, 2.05) is 6.92 Å². The molecule has 17 heavy (non-hydrogen) atoms. The van der Waals surface area contributed by atoms with Gasteiger partial charge < -0.3 is 5.32 Å². The van der Waals surface area contributed by atoms with Crippen LogP contribution >= 0.6 is 11.6 Å². The van der Waals surface area contributed by atoms with Crippen LogP contribution in [0.5, 0.6) is 0 Å². The van der Waals surface area contributed by atoms with Crippen molar-refractivity contribution < 1.29 is 9.18 Å². The number of benzene rings is 1. The van der Waals surface area contributed by atoms with Crippen molar-refractivity contribution in [2.24, 2.45) is 11.8 Å². The predicted octanol–water partition coefficient (Wildman–Crippen LogP) is 2.45. The summed E-state index contributed by atoms with van der Waals surface area (Å²) in [5.74, 6) is 0.169. The van der Waals surface area contributed by atoms with Crippen molar-refractivity contribution in [2.45, 2.75) is 13.3 Å². The molecule has 1 aliphatic rings. The average molecular weight is 256 g/mol. The fourth-order valence-electron chi connectivity index (χ4n) is 1.94. The van der Waals surface area contributed by atoms with E-state index in [1.165, 1.54) is 12.1 Å². The van der Waals surface area contributed by atoms with Crippen molar-refractivity contribution in [3.8, 4) is 0 Å². The van der Waals surface area contributed by atoms with Gasteiger partial charge in [0.1, 0.15) is 11.6 Å². The molecule has 1 aliphatic heterocycles. The Morgan fingerprint density at radius 2 is 2.29 bits per heavy atom. The summed E-state index contributed by atoms with van der Waals surface area (Å²) in [4.78, 5) is 12.0. The Morgan fingerprint density at radius 1 is 1.59 bits per heavy atom. The fourth-order valence-corrected chi connectivity index (χ4v) is 2.06. The predicted molar refractivity (Wildman–Crippen MR) is 65.6 cm³/mol. The van der Waals surface area contributed by atoms with Crippen LogP contribution in [0.3, 0.4) is 0 Å². The normalized spacial score (nSPS) is 17.6. The molecule has 1 fully saturated rings. The third-order valence-corrected chi connectivity index (χ3v) is 3.70. The molecule has 1 aromatic carbocycles. The molecule has 4 heteroatoms. The molecule has 0 saturated carbocycles. The smallest absolute Gasteiger partial charge is 0.142 e. The van der Waals surface area contributed by atoms with Gasteiger partial charge in [-0.2, -0.15) is 0 Å². The van der Waals surface area contributed by atoms with Crippen molar-refractivity contribution in [1.29, 1.82) is 0 Å². The first-order valence-corrected chi connectivity index (χ1v) is 6.13. The van der Waals surface area contributed by atoms with Gasteiger partial charge >= 0.3 is 0 Å². The molecule has 0 aromatic heterocycles. The van der Waals surface area contributed by atoms with Gasteiger partial charge in [-0.1, -0.05) is 24.6 Å². The molecular formula is C13H15ClFNO. The van der Waals surface area contributed by atoms with E-state index in [-0.39, 0.29) is 23.1 Å². The zero-order chi connectivity index (χ0) is 12.4. The summed E-state index contributed by atoms with van der Waals surface area (Å²) in [5, 5.41) is 3.24. The zero-order valence-electron chi connectivity index (χ0n) is 9.67. The number of ketones is 1. The largest absolute Gasteiger partial charge is 0.316 e. The minimum Gasteiger partial charge on any atom is -0.316 e. The molecule has 1 saturated heterocycles. The molecule has 0 bridgehead atoms. The number of hydrogen-bond acceptors (Lipinski definition) is 2. The van der Waals surface area contributed by atoms with Crippen LogP contribution in [-0.2, 0) is 11.2 Å². The number of Topliss-reactive ketones (excluding diaryl/α,β-unsaturated/α-hetero) is 1. The molecule has 2 nitrogen and oxygen atoms in total. The maximum Gasteiger partial charge on any atom is 0.142 e. The minimum absolute atomic E-state index is 0.0370. The molecule has 1 unspecified atom stereocenters. The van der Waals surface area contributed by atoms with Crippen molar-refractivity contribution in [2.75, 3.05) is 13.1 Å². The van der Waals surface area contributed by atoms with Crippen LogP contribution in [0.4, 0.5) is 4.39 Å². The lowest BCUT2D eigenvalue weighted by atomic mass is 9.84. The van der Waals surface area contributed by atoms with Gasteiger partial charge in [0.25, 0.3) is 0 Å². The summed E-state index contributed by atoms with van der Waals surface area (Å²) in [6, 6.07) is 4.54. The van der Waals surface area contributed by atoms with Gasteiger partial charge in [-0.15, -0.1) is 0 Å². The van der Waals surface area contributed by atoms with E-state index < -0.39 is 5.82 Å². The third kappa shape index (κ3) is 2.85. The highest BCUT2D eigenvalue weighted by Crippen LogP contribution is 2.20. The van der Waals surface area contributed by atoms with E-state index >= 15 is 0 Å². The van der Waals surface area contributed by atoms with E-state index in [9.17, 15) is 9.18 Å². The quantitative estimate of drug-likeness (QED) is 0.896. The lowest BCUT2D eigenvalue weighted by Crippen LogP contribution is -2.47. The highest BCUT2D eigenvalue weighted by molar-refractivity contribution is 6.30. The standard InChI is InChI=1S/C13H15ClFNO/c1-8(10-6-16-7-10)13(17)5-9-2-3-11(14)12(15)4-9/h2-4,8,10,16H,5-7H2,1H3. The molecule has 1 atom stereocenters. The second-order valence-electron chi connectivity index (χ2n) is 4.60. The van der Waals surface area contributed by atoms with Crippen LogP contribution in [-0.4, -0.2) is 18.9 Å². The van der Waals surface area contributed by atoms with Crippen LogP contribution in [0.2, 0.25) is 5.02 Å². The van der Waals surface area contributed by atoms with E-state index in [0.29, 0.717) is 11.5 Å². The van der Waals surface area contributed by atoms with Crippen LogP contribution in [0.1, 0.15) is 12.5 Å². The highest BCUT2D eigenvalue weighted by atomic mass is 35.5. The summed E-state index contributed by atoms with van der Waals surface area (Å²) in [5.41, 5.74) is 0.691. The number of rotatable bonds is 4. The summed E-state index contributed by atoms with van der Waals surface area (Å²) < 4.78 is 13.2. The summed E-state index contributed by atoms with van der Waals surface area (Å²) in [7, 11) is 0. The van der Waals surface area contributed by atoms with E-state index in [4.69, 9.17) is 11.6 Å². The third-order valence-electron chi connectivity index (χ3n) is 3.39. The van der Waals surface area contributed by atoms with E-state index in [2.05, 4.69) is 5.32 Å². The number of hydrogen-bond donors (Lipinski definition) is 1. The van der Waals surface area contributed by atoms with Gasteiger partial charge in [0.15, 0.2) is 0 Å². The zero-order valence-corrected chi connectivity index (χ0v) is 10.4. The summed E-state index contributed by atoms with van der Waals surface area (Å²) in [6.45, 7) is 3.75. The van der Waals surface area contributed by atoms with E-state index in [1.54, 1.807) is 6.07 Å². The van der Waals surface area contributed by atoms with Crippen LogP contribution in [0.25, 0.3) is 0 Å². The number of halogens is 2. The molecule has 92 valence electrons. The molecule has 1 heterocycles. The number of carbonyl (C=O) groups is 1. The Balaban J connectivity index is 1.99. The Hall–Kier alpha value is -0.930. The van der Waals surface area contributed by atoms with Gasteiger partial charge in [0, 0.05) is 12.3 Å². The van der Waals surface area contributed by atoms with Gasteiger partial charge in [-0.05, 0) is 36.7 Å². The average Bonchev–Trinajstić information content (AvgIpc) is 2.21. The second kappa shape index (κ2) is 5.15. The van der Waals surface area contributed by atoms with Crippen LogP contribution < -0.4 is 5.32 Å². The van der Waals surface area contributed by atoms with E-state index in [0.717, 1.165) is 13.1 Å². The second-order valence-corrected chi connectivity index (χ2v) is 5.01. The number of nitrogens with one attached hydrogen (secondary N) is 1. The molecular weight excluding hydrogens is 241 g/mol. The summed E-state index contributed by atoms with van der Waals surface area (Å²) >= 11 is 5.59. The molecule has 1 N–H and O–H groups in total. The Kier molecular flexibility index (Phi) is 3.79. The first-order valence-electron chi connectivity index (χ1n) is 5.75. The van der Waals surface area contributed by atoms with Gasteiger partial charge in [0.05, 0.1) is 5.02 Å². The Labute approximate surface area is 105 Å². The molecule has 0 spiro atoms. The highest BCUT2D eigenvalue weighted by Gasteiger charge is 2.28. The molecule has 2 rings (SSSR count). The first kappa shape index (κ1) is 12.5. The van der Waals surface area contributed by atoms with Gasteiger partial charge in [0.2, 0.25) is 0 Å². The summed E-state index contributed by atoms with van der Waals surface area (Å²) in [6.07, 6.45) is 0.283. The topological polar surface area (TPSA) is 29.1 Å². The maximum atomic E-state index is 13.2. The fraction of sp³-hybridized carbons (Fsp3) is 0.462. The first-order chi connectivity index (χ1) is 8.08. The molecule has 0 aliphatic carbocycles. The lowest BCUT2D eigenvalue weighted by Gasteiger charge is -2.31. The lowest BCUT2D eigenvalue weighted by molar-refractivity contribution is -0.123. The van der Waals surface area contributed by atoms with Crippen molar-refractivity contribution in [3.63, 3.8) is 0 Å². The molecule has 1 aromatic rings. The molecule has 0 radical (unpaired) electrons. The SMILES string of the molecule is CC(C(=O)Cc1ccc(Cl)c(F)c1)C1CNC1. The van der Waals surface area contributed by atoms with Gasteiger partial charge in [-0.3, -0.25) is 4.79 Å². The monoisotopic (exact) mass is 255 g/mol. The maximum absolute atomic E-state index is 13.2. The van der Waals surface area contributed by atoms with Crippen LogP contribution in [0.15, 0.2) is 18.2 Å². The van der Waals surface area contributed by atoms with Crippen molar-refractivity contribution >= 4 is 17.4 Å². The van der Waals surface area contributed by atoms with Gasteiger partial charge in [-0.25, -0.2) is 4.39 Å². The Bertz CT molecular complexity index is 431. The van der Waals surface area contributed by atoms with Crippen molar-refractivity contribution in [3.05, 3.63) is 34.6 Å². The minimum atomic E-state index is -0.463. The Morgan fingerprint density at radius 3 is 2.82 bits per heavy atom. The molecule has 0 amide bonds. The van der Waals surface area contributed by atoms with Crippen molar-refractivity contribution in [1.82, 2.24) is 5.32 Å².